The van der Waals surface area contributed by atoms with Gasteiger partial charge in [0.25, 0.3) is 0 Å². The third-order valence-corrected chi connectivity index (χ3v) is 2.20. The van der Waals surface area contributed by atoms with Gasteiger partial charge in [0.05, 0.1) is 20.8 Å². The summed E-state index contributed by atoms with van der Waals surface area (Å²) in [4.78, 5) is 11.5. The third kappa shape index (κ3) is 4.50. The van der Waals surface area contributed by atoms with Gasteiger partial charge in [-0.3, -0.25) is 0 Å². The molecule has 0 aromatic heterocycles. The second-order valence-corrected chi connectivity index (χ2v) is 3.48. The molecule has 0 aliphatic carbocycles. The summed E-state index contributed by atoms with van der Waals surface area (Å²) in [5.41, 5.74) is 0.598. The summed E-state index contributed by atoms with van der Waals surface area (Å²) in [5.74, 6) is 1.23. The molecule has 0 bridgehead atoms. The summed E-state index contributed by atoms with van der Waals surface area (Å²) in [6, 6.07) is 4.84. The van der Waals surface area contributed by atoms with Gasteiger partial charge in [-0.05, 0) is 0 Å². The van der Waals surface area contributed by atoms with Gasteiger partial charge in [0.15, 0.2) is 0 Å². The average Bonchev–Trinajstić information content (AvgIpc) is 2.38. The second-order valence-electron chi connectivity index (χ2n) is 3.48. The van der Waals surface area contributed by atoms with Crippen LogP contribution in [-0.2, 0) is 4.74 Å². The molecule has 0 atom stereocenters. The largest absolute Gasteiger partial charge is 0.497 e. The first-order valence-electron chi connectivity index (χ1n) is 5.46. The molecule has 0 radical (unpaired) electrons. The molecule has 0 fully saturated rings. The highest BCUT2D eigenvalue weighted by Crippen LogP contribution is 2.25. The molecule has 0 aliphatic rings. The zero-order chi connectivity index (χ0) is 13.4. The second kappa shape index (κ2) is 7.39. The molecule has 1 aromatic carbocycles. The molecule has 1 rings (SSSR count). The van der Waals surface area contributed by atoms with Crippen molar-refractivity contribution < 1.29 is 19.0 Å². The summed E-state index contributed by atoms with van der Waals surface area (Å²) >= 11 is 0. The maximum atomic E-state index is 11.5. The summed E-state index contributed by atoms with van der Waals surface area (Å²) in [6.07, 6.45) is 0. The van der Waals surface area contributed by atoms with Crippen molar-refractivity contribution in [2.75, 3.05) is 39.8 Å². The lowest BCUT2D eigenvalue weighted by Crippen LogP contribution is -2.31. The van der Waals surface area contributed by atoms with Crippen LogP contribution in [0.1, 0.15) is 0 Å². The molecule has 18 heavy (non-hydrogen) atoms. The monoisotopic (exact) mass is 254 g/mol. The minimum atomic E-state index is -0.303. The predicted octanol–water partition coefficient (Wildman–Crippen LogP) is 1.47. The highest BCUT2D eigenvalue weighted by molar-refractivity contribution is 5.89. The molecule has 0 saturated carbocycles. The number of urea groups is 1. The van der Waals surface area contributed by atoms with E-state index in [1.807, 2.05) is 0 Å². The summed E-state index contributed by atoms with van der Waals surface area (Å²) in [7, 11) is 4.68. The van der Waals surface area contributed by atoms with E-state index in [9.17, 15) is 4.79 Å². The Kier molecular flexibility index (Phi) is 5.79. The van der Waals surface area contributed by atoms with Gasteiger partial charge in [0, 0.05) is 37.5 Å². The summed E-state index contributed by atoms with van der Waals surface area (Å²) < 4.78 is 15.0. The highest BCUT2D eigenvalue weighted by Gasteiger charge is 2.05. The number of hydrogen-bond donors (Lipinski definition) is 2. The van der Waals surface area contributed by atoms with E-state index in [1.54, 1.807) is 39.5 Å². The van der Waals surface area contributed by atoms with Gasteiger partial charge in [0.2, 0.25) is 0 Å². The van der Waals surface area contributed by atoms with Crippen molar-refractivity contribution in [3.05, 3.63) is 18.2 Å². The number of methoxy groups -OCH3 is 3. The Balaban J connectivity index is 2.62. The Hall–Kier alpha value is -1.95. The van der Waals surface area contributed by atoms with E-state index >= 15 is 0 Å². The molecule has 2 N–H and O–H groups in total. The van der Waals surface area contributed by atoms with Gasteiger partial charge in [-0.2, -0.15) is 0 Å². The number of ether oxygens (including phenoxy) is 3. The van der Waals surface area contributed by atoms with E-state index in [0.717, 1.165) is 0 Å². The predicted molar refractivity (Wildman–Crippen MR) is 68.4 cm³/mol. The molecule has 100 valence electrons. The van der Waals surface area contributed by atoms with Crippen molar-refractivity contribution in [3.63, 3.8) is 0 Å². The maximum absolute atomic E-state index is 11.5. The fourth-order valence-corrected chi connectivity index (χ4v) is 1.32. The van der Waals surface area contributed by atoms with Crippen molar-refractivity contribution >= 4 is 11.7 Å². The Morgan fingerprint density at radius 3 is 2.22 bits per heavy atom. The molecule has 0 saturated heterocycles. The van der Waals surface area contributed by atoms with Crippen LogP contribution >= 0.6 is 0 Å². The minimum Gasteiger partial charge on any atom is -0.497 e. The minimum absolute atomic E-state index is 0.303. The smallest absolute Gasteiger partial charge is 0.319 e. The summed E-state index contributed by atoms with van der Waals surface area (Å²) in [5, 5.41) is 5.33. The SMILES string of the molecule is COCCNC(=O)Nc1cc(OC)cc(OC)c1. The van der Waals surface area contributed by atoms with Gasteiger partial charge < -0.3 is 24.8 Å². The van der Waals surface area contributed by atoms with E-state index in [0.29, 0.717) is 30.3 Å². The fraction of sp³-hybridized carbons (Fsp3) is 0.417. The van der Waals surface area contributed by atoms with E-state index in [4.69, 9.17) is 14.2 Å². The van der Waals surface area contributed by atoms with Crippen LogP contribution in [0.3, 0.4) is 0 Å². The molecule has 0 spiro atoms. The number of rotatable bonds is 6. The van der Waals surface area contributed by atoms with Crippen LogP contribution in [0.2, 0.25) is 0 Å². The van der Waals surface area contributed by atoms with E-state index in [2.05, 4.69) is 10.6 Å². The van der Waals surface area contributed by atoms with Crippen LogP contribution in [0.4, 0.5) is 10.5 Å². The number of nitrogens with one attached hydrogen (secondary N) is 2. The first kappa shape index (κ1) is 14.1. The molecule has 1 aromatic rings. The lowest BCUT2D eigenvalue weighted by atomic mass is 10.3. The zero-order valence-corrected chi connectivity index (χ0v) is 10.8. The maximum Gasteiger partial charge on any atom is 0.319 e. The van der Waals surface area contributed by atoms with Crippen LogP contribution in [0.25, 0.3) is 0 Å². The molecule has 6 nitrogen and oxygen atoms in total. The van der Waals surface area contributed by atoms with Crippen LogP contribution in [-0.4, -0.2) is 40.5 Å². The number of carbonyl (C=O) groups excluding carboxylic acids is 1. The molecule has 6 heteroatoms. The number of carbonyl (C=O) groups is 1. The highest BCUT2D eigenvalue weighted by atomic mass is 16.5. The van der Waals surface area contributed by atoms with Gasteiger partial charge in [0.1, 0.15) is 11.5 Å². The van der Waals surface area contributed by atoms with E-state index in [-0.39, 0.29) is 6.03 Å². The lowest BCUT2D eigenvalue weighted by molar-refractivity contribution is 0.198. The van der Waals surface area contributed by atoms with Crippen LogP contribution in [0, 0.1) is 0 Å². The first-order valence-corrected chi connectivity index (χ1v) is 5.46. The normalized spacial score (nSPS) is 9.72. The van der Waals surface area contributed by atoms with Gasteiger partial charge in [-0.1, -0.05) is 0 Å². The van der Waals surface area contributed by atoms with Gasteiger partial charge >= 0.3 is 6.03 Å². The van der Waals surface area contributed by atoms with Crippen molar-refractivity contribution in [1.29, 1.82) is 0 Å². The van der Waals surface area contributed by atoms with E-state index < -0.39 is 0 Å². The Morgan fingerprint density at radius 1 is 1.11 bits per heavy atom. The Morgan fingerprint density at radius 2 is 1.72 bits per heavy atom. The Bertz CT molecular complexity index is 373. The fourth-order valence-electron chi connectivity index (χ4n) is 1.32. The quantitative estimate of drug-likeness (QED) is 0.754. The van der Waals surface area contributed by atoms with E-state index in [1.165, 1.54) is 0 Å². The molecular weight excluding hydrogens is 236 g/mol. The van der Waals surface area contributed by atoms with Crippen molar-refractivity contribution in [3.8, 4) is 11.5 Å². The van der Waals surface area contributed by atoms with Gasteiger partial charge in [-0.15, -0.1) is 0 Å². The molecule has 2 amide bonds. The lowest BCUT2D eigenvalue weighted by Gasteiger charge is -2.10. The van der Waals surface area contributed by atoms with Gasteiger partial charge in [-0.25, -0.2) is 4.79 Å². The van der Waals surface area contributed by atoms with Crippen molar-refractivity contribution in [2.45, 2.75) is 0 Å². The van der Waals surface area contributed by atoms with Crippen molar-refractivity contribution in [2.24, 2.45) is 0 Å². The third-order valence-electron chi connectivity index (χ3n) is 2.20. The first-order chi connectivity index (χ1) is 8.69. The van der Waals surface area contributed by atoms with Crippen LogP contribution < -0.4 is 20.1 Å². The number of hydrogen-bond acceptors (Lipinski definition) is 4. The molecule has 0 unspecified atom stereocenters. The van der Waals surface area contributed by atoms with Crippen LogP contribution in [0.5, 0.6) is 11.5 Å². The number of benzene rings is 1. The number of anilines is 1. The standard InChI is InChI=1S/C12H18N2O4/c1-16-5-4-13-12(15)14-9-6-10(17-2)8-11(7-9)18-3/h6-8H,4-5H2,1-3H3,(H2,13,14,15). The molecular formula is C12H18N2O4. The number of amides is 2. The molecule has 0 heterocycles. The average molecular weight is 254 g/mol. The molecule has 0 aliphatic heterocycles. The van der Waals surface area contributed by atoms with Crippen molar-refractivity contribution in [1.82, 2.24) is 5.32 Å². The summed E-state index contributed by atoms with van der Waals surface area (Å²) in [6.45, 7) is 0.915. The topological polar surface area (TPSA) is 68.8 Å². The van der Waals surface area contributed by atoms with Crippen LogP contribution in [0.15, 0.2) is 18.2 Å². The Labute approximate surface area is 106 Å². The zero-order valence-electron chi connectivity index (χ0n) is 10.8.